The second kappa shape index (κ2) is 5.70. The summed E-state index contributed by atoms with van der Waals surface area (Å²) < 4.78 is 0. The average Bonchev–Trinajstić information content (AvgIpc) is 2.81. The van der Waals surface area contributed by atoms with E-state index in [1.807, 2.05) is 18.2 Å². The number of para-hydroxylation sites is 1. The minimum atomic E-state index is 0.800. The molecule has 0 amide bonds. The maximum atomic E-state index is 6.07. The minimum absolute atomic E-state index is 0.800. The number of aryl methyl sites for hydroxylation is 1. The van der Waals surface area contributed by atoms with Gasteiger partial charge in [0.05, 0.1) is 0 Å². The summed E-state index contributed by atoms with van der Waals surface area (Å²) >= 11 is 6.07. The van der Waals surface area contributed by atoms with Crippen LogP contribution in [0.1, 0.15) is 16.7 Å². The molecule has 2 nitrogen and oxygen atoms in total. The summed E-state index contributed by atoms with van der Waals surface area (Å²) in [7, 11) is 0. The molecule has 20 heavy (non-hydrogen) atoms. The van der Waals surface area contributed by atoms with Gasteiger partial charge < -0.3 is 10.3 Å². The molecule has 0 fully saturated rings. The maximum absolute atomic E-state index is 6.07. The van der Waals surface area contributed by atoms with Gasteiger partial charge in [-0.3, -0.25) is 0 Å². The van der Waals surface area contributed by atoms with E-state index in [1.54, 1.807) is 0 Å². The lowest BCUT2D eigenvalue weighted by Crippen LogP contribution is -2.12. The normalized spacial score (nSPS) is 11.1. The van der Waals surface area contributed by atoms with Crippen LogP contribution in [-0.2, 0) is 13.1 Å². The van der Waals surface area contributed by atoms with Crippen molar-refractivity contribution < 1.29 is 0 Å². The highest BCUT2D eigenvalue weighted by Crippen LogP contribution is 2.18. The molecular weight excluding hydrogens is 268 g/mol. The molecule has 1 heterocycles. The fourth-order valence-corrected chi connectivity index (χ4v) is 2.85. The van der Waals surface area contributed by atoms with Gasteiger partial charge in [-0.25, -0.2) is 0 Å². The van der Waals surface area contributed by atoms with E-state index in [0.717, 1.165) is 18.1 Å². The maximum Gasteiger partial charge on any atom is 0.0457 e. The fourth-order valence-electron chi connectivity index (χ4n) is 2.53. The number of halogens is 1. The van der Waals surface area contributed by atoms with Crippen molar-refractivity contribution in [3.8, 4) is 0 Å². The molecule has 102 valence electrons. The molecule has 3 aromatic rings. The van der Waals surface area contributed by atoms with Crippen LogP contribution in [0.25, 0.3) is 10.9 Å². The lowest BCUT2D eigenvalue weighted by Gasteiger charge is -2.06. The lowest BCUT2D eigenvalue weighted by molar-refractivity contribution is 0.696. The van der Waals surface area contributed by atoms with Crippen molar-refractivity contribution in [1.29, 1.82) is 0 Å². The zero-order chi connectivity index (χ0) is 13.9. The predicted octanol–water partition coefficient (Wildman–Crippen LogP) is 4.42. The van der Waals surface area contributed by atoms with Crippen LogP contribution in [0.5, 0.6) is 0 Å². The van der Waals surface area contributed by atoms with Gasteiger partial charge in [-0.1, -0.05) is 35.9 Å². The van der Waals surface area contributed by atoms with Gasteiger partial charge in [0.25, 0.3) is 0 Å². The van der Waals surface area contributed by atoms with E-state index in [1.165, 1.54) is 27.6 Å². The average molecular weight is 285 g/mol. The van der Waals surface area contributed by atoms with Crippen molar-refractivity contribution in [2.24, 2.45) is 0 Å². The summed E-state index contributed by atoms with van der Waals surface area (Å²) in [6, 6.07) is 14.5. The van der Waals surface area contributed by atoms with Crippen molar-refractivity contribution in [3.63, 3.8) is 0 Å². The van der Waals surface area contributed by atoms with Gasteiger partial charge in [0.2, 0.25) is 0 Å². The number of H-pyrrole nitrogens is 1. The van der Waals surface area contributed by atoms with Crippen LogP contribution in [0.15, 0.2) is 48.7 Å². The highest BCUT2D eigenvalue weighted by Gasteiger charge is 2.02. The third kappa shape index (κ3) is 2.87. The third-order valence-corrected chi connectivity index (χ3v) is 3.64. The summed E-state index contributed by atoms with van der Waals surface area (Å²) in [6.07, 6.45) is 2.07. The molecule has 2 aromatic carbocycles. The quantitative estimate of drug-likeness (QED) is 0.729. The highest BCUT2D eigenvalue weighted by atomic mass is 35.5. The van der Waals surface area contributed by atoms with Gasteiger partial charge in [0.15, 0.2) is 0 Å². The monoisotopic (exact) mass is 284 g/mol. The Hall–Kier alpha value is -1.77. The predicted molar refractivity (Wildman–Crippen MR) is 85.0 cm³/mol. The van der Waals surface area contributed by atoms with E-state index in [0.29, 0.717) is 0 Å². The molecular formula is C17H17ClN2. The zero-order valence-corrected chi connectivity index (χ0v) is 12.2. The summed E-state index contributed by atoms with van der Waals surface area (Å²) in [4.78, 5) is 3.29. The van der Waals surface area contributed by atoms with Gasteiger partial charge in [0, 0.05) is 35.2 Å². The third-order valence-electron chi connectivity index (χ3n) is 3.42. The molecule has 0 unspecified atom stereocenters. The topological polar surface area (TPSA) is 27.8 Å². The molecule has 2 N–H and O–H groups in total. The second-order valence-electron chi connectivity index (χ2n) is 5.10. The van der Waals surface area contributed by atoms with E-state index >= 15 is 0 Å². The molecule has 0 aliphatic rings. The Balaban J connectivity index is 1.68. The summed E-state index contributed by atoms with van der Waals surface area (Å²) in [5.41, 5.74) is 4.89. The first kappa shape index (κ1) is 13.2. The molecule has 3 heteroatoms. The first-order valence-corrected chi connectivity index (χ1v) is 7.12. The van der Waals surface area contributed by atoms with Crippen molar-refractivity contribution in [2.75, 3.05) is 0 Å². The molecule has 3 rings (SSSR count). The first-order chi connectivity index (χ1) is 9.72. The fraction of sp³-hybridized carbons (Fsp3) is 0.176. The number of benzene rings is 2. The standard InChI is InChI=1S/C17H17ClN2/c1-12-6-13(8-15(18)7-12)9-19-10-14-11-20-17-5-3-2-4-16(14)17/h2-8,11,19-20H,9-10H2,1H3. The Kier molecular flexibility index (Phi) is 3.77. The molecule has 0 atom stereocenters. The van der Waals surface area contributed by atoms with Crippen LogP contribution in [0, 0.1) is 6.92 Å². The van der Waals surface area contributed by atoms with Crippen molar-refractivity contribution in [2.45, 2.75) is 20.0 Å². The Morgan fingerprint density at radius 1 is 1.10 bits per heavy atom. The molecule has 0 radical (unpaired) electrons. The molecule has 0 aliphatic carbocycles. The summed E-state index contributed by atoms with van der Waals surface area (Å²) in [5, 5.41) is 5.55. The Morgan fingerprint density at radius 2 is 1.95 bits per heavy atom. The van der Waals surface area contributed by atoms with E-state index in [9.17, 15) is 0 Å². The van der Waals surface area contributed by atoms with Gasteiger partial charge >= 0.3 is 0 Å². The van der Waals surface area contributed by atoms with Gasteiger partial charge in [-0.15, -0.1) is 0 Å². The summed E-state index contributed by atoms with van der Waals surface area (Å²) in [6.45, 7) is 3.73. The Labute approximate surface area is 123 Å². The van der Waals surface area contributed by atoms with Crippen molar-refractivity contribution >= 4 is 22.5 Å². The van der Waals surface area contributed by atoms with Crippen LogP contribution in [0.2, 0.25) is 5.02 Å². The largest absolute Gasteiger partial charge is 0.361 e. The van der Waals surface area contributed by atoms with Crippen LogP contribution in [0.3, 0.4) is 0 Å². The number of fused-ring (bicyclic) bond motifs is 1. The lowest BCUT2D eigenvalue weighted by atomic mass is 10.1. The number of hydrogen-bond donors (Lipinski definition) is 2. The number of aromatic nitrogens is 1. The SMILES string of the molecule is Cc1cc(Cl)cc(CNCc2c[nH]c3ccccc23)c1. The van der Waals surface area contributed by atoms with Crippen LogP contribution in [-0.4, -0.2) is 4.98 Å². The molecule has 0 saturated heterocycles. The second-order valence-corrected chi connectivity index (χ2v) is 5.54. The molecule has 0 aliphatic heterocycles. The van der Waals surface area contributed by atoms with E-state index < -0.39 is 0 Å². The van der Waals surface area contributed by atoms with Crippen LogP contribution >= 0.6 is 11.6 Å². The van der Waals surface area contributed by atoms with Crippen LogP contribution in [0.4, 0.5) is 0 Å². The van der Waals surface area contributed by atoms with Crippen LogP contribution < -0.4 is 5.32 Å². The zero-order valence-electron chi connectivity index (χ0n) is 11.4. The van der Waals surface area contributed by atoms with Crippen molar-refractivity contribution in [3.05, 3.63) is 70.4 Å². The number of aromatic amines is 1. The molecule has 0 spiro atoms. The van der Waals surface area contributed by atoms with E-state index in [4.69, 9.17) is 11.6 Å². The van der Waals surface area contributed by atoms with Crippen molar-refractivity contribution in [1.82, 2.24) is 10.3 Å². The highest BCUT2D eigenvalue weighted by molar-refractivity contribution is 6.30. The first-order valence-electron chi connectivity index (χ1n) is 6.74. The summed E-state index contributed by atoms with van der Waals surface area (Å²) in [5.74, 6) is 0. The molecule has 0 saturated carbocycles. The van der Waals surface area contributed by atoms with Gasteiger partial charge in [-0.2, -0.15) is 0 Å². The Morgan fingerprint density at radius 3 is 2.80 bits per heavy atom. The van der Waals surface area contributed by atoms with Gasteiger partial charge in [-0.05, 0) is 41.8 Å². The molecule has 0 bridgehead atoms. The number of nitrogens with one attached hydrogen (secondary N) is 2. The van der Waals surface area contributed by atoms with E-state index in [2.05, 4.69) is 47.7 Å². The van der Waals surface area contributed by atoms with Gasteiger partial charge in [0.1, 0.15) is 0 Å². The number of hydrogen-bond acceptors (Lipinski definition) is 1. The smallest absolute Gasteiger partial charge is 0.0457 e. The van der Waals surface area contributed by atoms with E-state index in [-0.39, 0.29) is 0 Å². The number of rotatable bonds is 4. The molecule has 1 aromatic heterocycles. The Bertz CT molecular complexity index is 710. The minimum Gasteiger partial charge on any atom is -0.361 e.